The minimum atomic E-state index is -4.70. The average Bonchev–Trinajstić information content (AvgIpc) is 2.42. The average molecular weight is 299 g/mol. The van der Waals surface area contributed by atoms with Crippen LogP contribution in [0.5, 0.6) is 5.75 Å². The van der Waals surface area contributed by atoms with E-state index in [0.717, 1.165) is 26.2 Å². The Kier molecular flexibility index (Phi) is 4.70. The van der Waals surface area contributed by atoms with Gasteiger partial charge in [-0.15, -0.1) is 13.2 Å². The number of nitriles is 1. The molecule has 1 saturated heterocycles. The van der Waals surface area contributed by atoms with Crippen molar-refractivity contribution in [2.75, 3.05) is 33.2 Å². The molecular weight excluding hydrogens is 283 g/mol. The maximum absolute atomic E-state index is 12.1. The van der Waals surface area contributed by atoms with Gasteiger partial charge < -0.3 is 9.64 Å². The number of rotatable bonds is 3. The smallest absolute Gasteiger partial charge is 0.406 e. The molecule has 0 spiro atoms. The van der Waals surface area contributed by atoms with Gasteiger partial charge in [-0.2, -0.15) is 5.26 Å². The van der Waals surface area contributed by atoms with Gasteiger partial charge in [-0.25, -0.2) is 0 Å². The fourth-order valence-corrected chi connectivity index (χ4v) is 2.30. The van der Waals surface area contributed by atoms with Crippen molar-refractivity contribution in [3.05, 3.63) is 29.8 Å². The lowest BCUT2D eigenvalue weighted by atomic mass is 10.1. The molecule has 0 aliphatic carbocycles. The molecule has 1 unspecified atom stereocenters. The Hall–Kier alpha value is -1.78. The Morgan fingerprint density at radius 2 is 1.71 bits per heavy atom. The summed E-state index contributed by atoms with van der Waals surface area (Å²) in [7, 11) is 2.02. The van der Waals surface area contributed by atoms with E-state index in [0.29, 0.717) is 5.56 Å². The highest BCUT2D eigenvalue weighted by Crippen LogP contribution is 2.26. The SMILES string of the molecule is CN1CCN(C(C#N)c2ccc(OC(F)(F)F)cc2)CC1. The van der Waals surface area contributed by atoms with Gasteiger partial charge in [-0.1, -0.05) is 12.1 Å². The van der Waals surface area contributed by atoms with Gasteiger partial charge in [0, 0.05) is 26.2 Å². The molecule has 1 atom stereocenters. The molecule has 0 aromatic heterocycles. The number of hydrogen-bond donors (Lipinski definition) is 0. The first-order valence-corrected chi connectivity index (χ1v) is 6.57. The summed E-state index contributed by atoms with van der Waals surface area (Å²) in [6, 6.07) is 7.26. The summed E-state index contributed by atoms with van der Waals surface area (Å²) in [5.74, 6) is -0.277. The van der Waals surface area contributed by atoms with Crippen molar-refractivity contribution >= 4 is 0 Å². The summed E-state index contributed by atoms with van der Waals surface area (Å²) < 4.78 is 40.1. The van der Waals surface area contributed by atoms with Crippen LogP contribution in [0.15, 0.2) is 24.3 Å². The van der Waals surface area contributed by atoms with Gasteiger partial charge in [-0.3, -0.25) is 4.90 Å². The Labute approximate surface area is 121 Å². The highest BCUT2D eigenvalue weighted by molar-refractivity contribution is 5.32. The van der Waals surface area contributed by atoms with Crippen molar-refractivity contribution in [1.29, 1.82) is 5.26 Å². The van der Waals surface area contributed by atoms with Gasteiger partial charge in [0.1, 0.15) is 11.8 Å². The largest absolute Gasteiger partial charge is 0.573 e. The third kappa shape index (κ3) is 4.34. The number of likely N-dealkylation sites (N-methyl/N-ethyl adjacent to an activating group) is 1. The standard InChI is InChI=1S/C14H16F3N3O/c1-19-6-8-20(9-7-19)13(10-18)11-2-4-12(5-3-11)21-14(15,16)17/h2-5,13H,6-9H2,1H3. The maximum Gasteiger partial charge on any atom is 0.573 e. The van der Waals surface area contributed by atoms with E-state index >= 15 is 0 Å². The highest BCUT2D eigenvalue weighted by atomic mass is 19.4. The number of benzene rings is 1. The normalized spacial score (nSPS) is 19.0. The van der Waals surface area contributed by atoms with E-state index in [1.807, 2.05) is 11.9 Å². The first-order valence-electron chi connectivity index (χ1n) is 6.57. The molecule has 21 heavy (non-hydrogen) atoms. The van der Waals surface area contributed by atoms with Crippen LogP contribution < -0.4 is 4.74 Å². The summed E-state index contributed by atoms with van der Waals surface area (Å²) in [6.45, 7) is 3.26. The molecule has 0 radical (unpaired) electrons. The van der Waals surface area contributed by atoms with E-state index in [1.54, 1.807) is 0 Å². The van der Waals surface area contributed by atoms with Crippen molar-refractivity contribution in [1.82, 2.24) is 9.80 Å². The van der Waals surface area contributed by atoms with Crippen LogP contribution in [-0.2, 0) is 0 Å². The van der Waals surface area contributed by atoms with Crippen LogP contribution in [-0.4, -0.2) is 49.4 Å². The van der Waals surface area contributed by atoms with Crippen LogP contribution in [0.4, 0.5) is 13.2 Å². The number of alkyl halides is 3. The molecule has 1 heterocycles. The third-order valence-electron chi connectivity index (χ3n) is 3.45. The molecule has 1 aromatic carbocycles. The fraction of sp³-hybridized carbons (Fsp3) is 0.500. The number of ether oxygens (including phenoxy) is 1. The van der Waals surface area contributed by atoms with E-state index in [4.69, 9.17) is 0 Å². The summed E-state index contributed by atoms with van der Waals surface area (Å²) in [5.41, 5.74) is 0.677. The van der Waals surface area contributed by atoms with Gasteiger partial charge in [0.25, 0.3) is 0 Å². The van der Waals surface area contributed by atoms with Crippen LogP contribution >= 0.6 is 0 Å². The number of halogens is 3. The molecule has 1 aliphatic rings. The van der Waals surface area contributed by atoms with Crippen LogP contribution in [0.25, 0.3) is 0 Å². The molecule has 1 fully saturated rings. The molecule has 7 heteroatoms. The molecule has 2 rings (SSSR count). The van der Waals surface area contributed by atoms with Crippen molar-refractivity contribution < 1.29 is 17.9 Å². The predicted molar refractivity (Wildman–Crippen MR) is 70.5 cm³/mol. The first kappa shape index (κ1) is 15.6. The zero-order valence-corrected chi connectivity index (χ0v) is 11.6. The summed E-state index contributed by atoms with van der Waals surface area (Å²) >= 11 is 0. The molecule has 4 nitrogen and oxygen atoms in total. The van der Waals surface area contributed by atoms with Gasteiger partial charge in [0.05, 0.1) is 6.07 Å². The molecule has 1 aliphatic heterocycles. The zero-order chi connectivity index (χ0) is 15.5. The quantitative estimate of drug-likeness (QED) is 0.859. The second kappa shape index (κ2) is 6.33. The van der Waals surface area contributed by atoms with E-state index in [9.17, 15) is 18.4 Å². The van der Waals surface area contributed by atoms with Crippen molar-refractivity contribution in [3.63, 3.8) is 0 Å². The monoisotopic (exact) mass is 299 g/mol. The van der Waals surface area contributed by atoms with Gasteiger partial charge in [-0.05, 0) is 24.7 Å². The lowest BCUT2D eigenvalue weighted by molar-refractivity contribution is -0.274. The van der Waals surface area contributed by atoms with E-state index in [1.165, 1.54) is 24.3 Å². The second-order valence-electron chi connectivity index (χ2n) is 4.99. The topological polar surface area (TPSA) is 39.5 Å². The van der Waals surface area contributed by atoms with Crippen LogP contribution in [0.2, 0.25) is 0 Å². The number of piperazine rings is 1. The molecule has 0 amide bonds. The van der Waals surface area contributed by atoms with Crippen molar-refractivity contribution in [2.24, 2.45) is 0 Å². The zero-order valence-electron chi connectivity index (χ0n) is 11.6. The minimum absolute atomic E-state index is 0.277. The second-order valence-corrected chi connectivity index (χ2v) is 4.99. The van der Waals surface area contributed by atoms with Crippen molar-refractivity contribution in [3.8, 4) is 11.8 Å². The summed E-state index contributed by atoms with van der Waals surface area (Å²) in [5, 5.41) is 9.34. The summed E-state index contributed by atoms with van der Waals surface area (Å²) in [4.78, 5) is 4.20. The third-order valence-corrected chi connectivity index (χ3v) is 3.45. The highest BCUT2D eigenvalue weighted by Gasteiger charge is 2.31. The maximum atomic E-state index is 12.1. The fourth-order valence-electron chi connectivity index (χ4n) is 2.30. The van der Waals surface area contributed by atoms with E-state index in [-0.39, 0.29) is 5.75 Å². The Morgan fingerprint density at radius 3 is 2.19 bits per heavy atom. The van der Waals surface area contributed by atoms with Crippen LogP contribution in [0.3, 0.4) is 0 Å². The molecule has 0 bridgehead atoms. The molecule has 0 N–H and O–H groups in total. The Bertz CT molecular complexity index is 502. The molecule has 1 aromatic rings. The van der Waals surface area contributed by atoms with E-state index in [2.05, 4.69) is 15.7 Å². The van der Waals surface area contributed by atoms with Crippen molar-refractivity contribution in [2.45, 2.75) is 12.4 Å². The van der Waals surface area contributed by atoms with Gasteiger partial charge in [0.2, 0.25) is 0 Å². The number of hydrogen-bond acceptors (Lipinski definition) is 4. The minimum Gasteiger partial charge on any atom is -0.406 e. The first-order chi connectivity index (χ1) is 9.89. The van der Waals surface area contributed by atoms with Crippen LogP contribution in [0, 0.1) is 11.3 Å². The lowest BCUT2D eigenvalue weighted by Gasteiger charge is -2.35. The molecule has 0 saturated carbocycles. The predicted octanol–water partition coefficient (Wildman–Crippen LogP) is 2.40. The Morgan fingerprint density at radius 1 is 1.14 bits per heavy atom. The Balaban J connectivity index is 2.07. The van der Waals surface area contributed by atoms with Gasteiger partial charge in [0.15, 0.2) is 0 Å². The lowest BCUT2D eigenvalue weighted by Crippen LogP contribution is -2.45. The van der Waals surface area contributed by atoms with Crippen LogP contribution in [0.1, 0.15) is 11.6 Å². The molecular formula is C14H16F3N3O. The van der Waals surface area contributed by atoms with Gasteiger partial charge >= 0.3 is 6.36 Å². The number of nitrogens with zero attached hydrogens (tertiary/aromatic N) is 3. The van der Waals surface area contributed by atoms with E-state index < -0.39 is 12.4 Å². The summed E-state index contributed by atoms with van der Waals surface area (Å²) in [6.07, 6.45) is -4.70. The molecule has 114 valence electrons.